The minimum absolute atomic E-state index is 0.0221. The summed E-state index contributed by atoms with van der Waals surface area (Å²) in [6, 6.07) is 11.6. The lowest BCUT2D eigenvalue weighted by atomic mass is 10.0. The smallest absolute Gasteiger partial charge is 0.264 e. The fourth-order valence-electron chi connectivity index (χ4n) is 7.91. The number of methoxy groups -OCH3 is 1. The van der Waals surface area contributed by atoms with Gasteiger partial charge in [-0.15, -0.1) is 0 Å². The van der Waals surface area contributed by atoms with Crippen LogP contribution < -0.4 is 26.0 Å². The van der Waals surface area contributed by atoms with Crippen LogP contribution in [0.15, 0.2) is 67.0 Å². The number of aromatic nitrogens is 2. The van der Waals surface area contributed by atoms with Crippen molar-refractivity contribution in [3.05, 3.63) is 89.0 Å². The van der Waals surface area contributed by atoms with Crippen molar-refractivity contribution >= 4 is 74.9 Å². The number of halogens is 2. The number of hydrogen-bond donors (Lipinski definition) is 4. The molecule has 4 N–H and O–H groups in total. The highest BCUT2D eigenvalue weighted by Crippen LogP contribution is 2.34. The van der Waals surface area contributed by atoms with E-state index < -0.39 is 35.5 Å². The minimum Gasteiger partial charge on any atom is -0.494 e. The lowest BCUT2D eigenvalue weighted by molar-refractivity contribution is -0.136. The van der Waals surface area contributed by atoms with Crippen molar-refractivity contribution in [3.63, 3.8) is 0 Å². The fraction of sp³-hybridized carbons (Fsp3) is 0.426. The maximum Gasteiger partial charge on any atom is 0.264 e. The molecule has 4 heterocycles. The number of nitrogens with one attached hydrogen (secondary N) is 4. The first-order chi connectivity index (χ1) is 33.1. The number of rotatable bonds is 25. The van der Waals surface area contributed by atoms with Crippen LogP contribution in [0.25, 0.3) is 10.9 Å². The molecule has 5 amide bonds. The van der Waals surface area contributed by atoms with Crippen molar-refractivity contribution in [2.45, 2.75) is 25.3 Å². The second-order valence-electron chi connectivity index (χ2n) is 16.0. The SMILES string of the molecule is COc1cc2ncnc(Nc3ccc(F)c(Cl)c3)c2cc1NC(=O)/C=C/CN1CCN(CCCOCCOCCOCCOCCNc2cccc3c2C(=O)N(C2CCC(=O)NC2=O)C3=O)CC1. The van der Waals surface area contributed by atoms with Gasteiger partial charge in [-0.2, -0.15) is 0 Å². The summed E-state index contributed by atoms with van der Waals surface area (Å²) >= 11 is 5.96. The molecule has 68 heavy (non-hydrogen) atoms. The molecular formula is C47H55ClFN9O10. The minimum atomic E-state index is -1.02. The summed E-state index contributed by atoms with van der Waals surface area (Å²) in [7, 11) is 1.52. The van der Waals surface area contributed by atoms with E-state index in [2.05, 4.69) is 41.0 Å². The summed E-state index contributed by atoms with van der Waals surface area (Å²) in [5.74, 6) is -2.13. The number of piperazine rings is 1. The van der Waals surface area contributed by atoms with E-state index in [1.54, 1.807) is 36.4 Å². The highest BCUT2D eigenvalue weighted by atomic mass is 35.5. The van der Waals surface area contributed by atoms with Crippen LogP contribution in [0.2, 0.25) is 5.02 Å². The van der Waals surface area contributed by atoms with Gasteiger partial charge in [-0.05, 0) is 49.2 Å². The molecule has 1 unspecified atom stereocenters. The average Bonchev–Trinajstić information content (AvgIpc) is 3.59. The molecule has 362 valence electrons. The number of piperidine rings is 1. The number of benzene rings is 3. The van der Waals surface area contributed by atoms with Crippen LogP contribution in [-0.4, -0.2) is 166 Å². The normalized spacial score (nSPS) is 16.7. The molecule has 0 spiro atoms. The van der Waals surface area contributed by atoms with E-state index in [1.807, 2.05) is 6.08 Å². The highest BCUT2D eigenvalue weighted by molar-refractivity contribution is 6.31. The van der Waals surface area contributed by atoms with Gasteiger partial charge in [-0.25, -0.2) is 14.4 Å². The Balaban J connectivity index is 0.681. The fourth-order valence-corrected chi connectivity index (χ4v) is 8.09. The number of ether oxygens (including phenoxy) is 5. The summed E-state index contributed by atoms with van der Waals surface area (Å²) in [4.78, 5) is 77.4. The number of fused-ring (bicyclic) bond motifs is 2. The molecule has 3 aliphatic rings. The molecular weight excluding hydrogens is 905 g/mol. The highest BCUT2D eigenvalue weighted by Gasteiger charge is 2.45. The monoisotopic (exact) mass is 959 g/mol. The molecule has 0 bridgehead atoms. The Morgan fingerprint density at radius 3 is 2.31 bits per heavy atom. The number of anilines is 4. The first kappa shape index (κ1) is 49.8. The third-order valence-corrected chi connectivity index (χ3v) is 11.7. The molecule has 3 aromatic carbocycles. The molecule has 0 radical (unpaired) electrons. The van der Waals surface area contributed by atoms with Crippen LogP contribution in [0.5, 0.6) is 5.75 Å². The van der Waals surface area contributed by atoms with Crippen LogP contribution in [0, 0.1) is 5.82 Å². The molecule has 0 aliphatic carbocycles. The zero-order valence-electron chi connectivity index (χ0n) is 37.7. The van der Waals surface area contributed by atoms with Gasteiger partial charge in [0.15, 0.2) is 0 Å². The second kappa shape index (κ2) is 24.8. The molecule has 1 atom stereocenters. The van der Waals surface area contributed by atoms with Gasteiger partial charge >= 0.3 is 0 Å². The van der Waals surface area contributed by atoms with Crippen LogP contribution in [-0.2, 0) is 33.3 Å². The summed E-state index contributed by atoms with van der Waals surface area (Å²) in [5.41, 5.74) is 2.47. The Kier molecular flexibility index (Phi) is 18.1. The third kappa shape index (κ3) is 13.3. The topological polar surface area (TPSA) is 215 Å². The van der Waals surface area contributed by atoms with Gasteiger partial charge < -0.3 is 44.5 Å². The molecule has 3 aliphatic heterocycles. The van der Waals surface area contributed by atoms with Gasteiger partial charge in [0.1, 0.15) is 29.8 Å². The number of nitrogens with zero attached hydrogens (tertiary/aromatic N) is 5. The molecule has 19 nitrogen and oxygen atoms in total. The van der Waals surface area contributed by atoms with Gasteiger partial charge in [0.05, 0.1) is 80.7 Å². The van der Waals surface area contributed by atoms with Gasteiger partial charge in [0.2, 0.25) is 17.7 Å². The van der Waals surface area contributed by atoms with Crippen molar-refractivity contribution < 1.29 is 52.0 Å². The largest absolute Gasteiger partial charge is 0.494 e. The first-order valence-electron chi connectivity index (χ1n) is 22.5. The van der Waals surface area contributed by atoms with E-state index in [1.165, 1.54) is 31.6 Å². The van der Waals surface area contributed by atoms with Crippen molar-refractivity contribution in [2.75, 3.05) is 122 Å². The number of imide groups is 2. The standard InChI is InChI=1S/C47H55ClFN9O10/c1-64-40-29-37-33(44(52-30-51-37)53-31-8-9-35(49)34(48)27-31)28-38(40)54-41(59)7-3-13-56-15-17-57(18-16-56)14-4-19-65-21-23-67-25-26-68-24-22-66-20-12-50-36-6-2-5-32-43(36)47(63)58(46(32)62)39-10-11-42(60)55-45(39)61/h2-3,5-9,27-30,39,50H,4,10-26H2,1H3,(H,54,59)(H,51,52,53)(H,55,60,61)/b7-3+. The van der Waals surface area contributed by atoms with Gasteiger partial charge in [-0.1, -0.05) is 23.7 Å². The summed E-state index contributed by atoms with van der Waals surface area (Å²) in [5, 5.41) is 12.0. The van der Waals surface area contributed by atoms with E-state index >= 15 is 0 Å². The molecule has 21 heteroatoms. The van der Waals surface area contributed by atoms with E-state index in [9.17, 15) is 28.4 Å². The summed E-state index contributed by atoms with van der Waals surface area (Å²) in [6.45, 7) is 9.13. The van der Waals surface area contributed by atoms with Crippen molar-refractivity contribution in [3.8, 4) is 5.75 Å². The van der Waals surface area contributed by atoms with Crippen molar-refractivity contribution in [1.29, 1.82) is 0 Å². The maximum atomic E-state index is 13.7. The zero-order valence-corrected chi connectivity index (χ0v) is 38.5. The molecule has 2 fully saturated rings. The van der Waals surface area contributed by atoms with Crippen molar-refractivity contribution in [2.24, 2.45) is 0 Å². The van der Waals surface area contributed by atoms with E-state index in [0.717, 1.165) is 44.0 Å². The number of carbonyl (C=O) groups is 5. The Morgan fingerprint density at radius 2 is 1.59 bits per heavy atom. The summed E-state index contributed by atoms with van der Waals surface area (Å²) < 4.78 is 41.8. The van der Waals surface area contributed by atoms with E-state index in [4.69, 9.17) is 35.3 Å². The predicted octanol–water partition coefficient (Wildman–Crippen LogP) is 4.26. The maximum absolute atomic E-state index is 13.7. The Morgan fingerprint density at radius 1 is 0.868 bits per heavy atom. The molecule has 2 saturated heterocycles. The molecule has 7 rings (SSSR count). The second-order valence-corrected chi connectivity index (χ2v) is 16.4. The van der Waals surface area contributed by atoms with Gasteiger partial charge in [0, 0.05) is 87.7 Å². The molecule has 4 aromatic rings. The zero-order chi connectivity index (χ0) is 47.8. The van der Waals surface area contributed by atoms with Crippen LogP contribution in [0.4, 0.5) is 27.3 Å². The average molecular weight is 960 g/mol. The molecule has 0 saturated carbocycles. The van der Waals surface area contributed by atoms with Crippen LogP contribution in [0.3, 0.4) is 0 Å². The predicted molar refractivity (Wildman–Crippen MR) is 251 cm³/mol. The Labute approximate surface area is 397 Å². The first-order valence-corrected chi connectivity index (χ1v) is 22.8. The van der Waals surface area contributed by atoms with E-state index in [-0.39, 0.29) is 34.9 Å². The van der Waals surface area contributed by atoms with E-state index in [0.29, 0.717) is 105 Å². The Bertz CT molecular complexity index is 2470. The lowest BCUT2D eigenvalue weighted by Gasteiger charge is -2.34. The van der Waals surface area contributed by atoms with Crippen LogP contribution in [0.1, 0.15) is 40.0 Å². The van der Waals surface area contributed by atoms with Crippen LogP contribution >= 0.6 is 11.6 Å². The van der Waals surface area contributed by atoms with Gasteiger partial charge in [0.25, 0.3) is 11.8 Å². The molecule has 1 aromatic heterocycles. The quantitative estimate of drug-likeness (QED) is 0.0415. The lowest BCUT2D eigenvalue weighted by Crippen LogP contribution is -2.54. The number of carbonyl (C=O) groups excluding carboxylic acids is 5. The Hall–Kier alpha value is -6.13. The van der Waals surface area contributed by atoms with Gasteiger partial charge in [-0.3, -0.25) is 39.1 Å². The summed E-state index contributed by atoms with van der Waals surface area (Å²) in [6.07, 6.45) is 5.83. The number of amides is 5. The van der Waals surface area contributed by atoms with Crippen molar-refractivity contribution in [1.82, 2.24) is 30.0 Å². The number of hydrogen-bond acceptors (Lipinski definition) is 16. The third-order valence-electron chi connectivity index (χ3n) is 11.4.